The lowest BCUT2D eigenvalue weighted by atomic mass is 10.1. The minimum Gasteiger partial charge on any atom is -0.350 e. The van der Waals surface area contributed by atoms with Crippen LogP contribution in [0.1, 0.15) is 27.6 Å². The zero-order chi connectivity index (χ0) is 19.0. The lowest BCUT2D eigenvalue weighted by molar-refractivity contribution is 0.0952. The summed E-state index contributed by atoms with van der Waals surface area (Å²) in [6.45, 7) is 7.03. The molecule has 0 aliphatic heterocycles. The van der Waals surface area contributed by atoms with E-state index in [1.165, 1.54) is 0 Å². The molecule has 2 aromatic heterocycles. The number of imidazole rings is 1. The van der Waals surface area contributed by atoms with Gasteiger partial charge in [0.2, 0.25) is 0 Å². The smallest absolute Gasteiger partial charge is 0.251 e. The molecule has 2 heterocycles. The molecule has 0 radical (unpaired) electrons. The number of amides is 1. The van der Waals surface area contributed by atoms with Gasteiger partial charge in [-0.3, -0.25) is 4.79 Å². The van der Waals surface area contributed by atoms with Gasteiger partial charge in [-0.1, -0.05) is 12.1 Å². The Balaban J connectivity index is 1.48. The van der Waals surface area contributed by atoms with Crippen LogP contribution in [-0.4, -0.2) is 32.0 Å². The quantitative estimate of drug-likeness (QED) is 0.607. The summed E-state index contributed by atoms with van der Waals surface area (Å²) in [5.41, 5.74) is 5.96. The van der Waals surface area contributed by atoms with Crippen LogP contribution in [0.2, 0.25) is 0 Å². The fraction of sp³-hybridized carbons (Fsp3) is 0.238. The van der Waals surface area contributed by atoms with Crippen molar-refractivity contribution in [2.24, 2.45) is 0 Å². The van der Waals surface area contributed by atoms with Crippen molar-refractivity contribution in [3.05, 3.63) is 65.2 Å². The van der Waals surface area contributed by atoms with Crippen LogP contribution in [0, 0.1) is 20.8 Å². The summed E-state index contributed by atoms with van der Waals surface area (Å²) in [5, 5.41) is 2.98. The van der Waals surface area contributed by atoms with E-state index in [1.807, 2.05) is 51.1 Å². The summed E-state index contributed by atoms with van der Waals surface area (Å²) >= 11 is 0. The molecule has 1 amide bonds. The molecule has 27 heavy (non-hydrogen) atoms. The molecule has 0 spiro atoms. The second kappa shape index (κ2) is 6.79. The third kappa shape index (κ3) is 3.26. The van der Waals surface area contributed by atoms with E-state index >= 15 is 0 Å². The van der Waals surface area contributed by atoms with E-state index in [4.69, 9.17) is 0 Å². The molecular weight excluding hydrogens is 338 g/mol. The predicted octanol–water partition coefficient (Wildman–Crippen LogP) is 3.33. The Bertz CT molecular complexity index is 1160. The van der Waals surface area contributed by atoms with Crippen LogP contribution in [0.4, 0.5) is 0 Å². The normalized spacial score (nSPS) is 11.2. The van der Waals surface area contributed by atoms with Gasteiger partial charge < -0.3 is 9.88 Å². The molecular formula is C21H21N5O. The fourth-order valence-electron chi connectivity index (χ4n) is 3.23. The van der Waals surface area contributed by atoms with Gasteiger partial charge >= 0.3 is 0 Å². The summed E-state index contributed by atoms with van der Waals surface area (Å²) in [6, 6.07) is 13.4. The highest BCUT2D eigenvalue weighted by Crippen LogP contribution is 2.16. The van der Waals surface area contributed by atoms with Gasteiger partial charge in [-0.25, -0.2) is 15.0 Å². The van der Waals surface area contributed by atoms with Gasteiger partial charge in [0.1, 0.15) is 5.82 Å². The molecule has 6 nitrogen and oxygen atoms in total. The highest BCUT2D eigenvalue weighted by Gasteiger charge is 2.10. The Labute approximate surface area is 157 Å². The van der Waals surface area contributed by atoms with Crippen molar-refractivity contribution in [3.63, 3.8) is 0 Å². The Morgan fingerprint density at radius 1 is 0.926 bits per heavy atom. The SMILES string of the molecule is Cc1nc2ccc(C(=O)NCCn3c(C)nc4ccccc43)cc2nc1C. The Morgan fingerprint density at radius 3 is 2.48 bits per heavy atom. The van der Waals surface area contributed by atoms with Gasteiger partial charge in [0.05, 0.1) is 33.5 Å². The number of benzene rings is 2. The maximum absolute atomic E-state index is 12.5. The van der Waals surface area contributed by atoms with E-state index in [0.717, 1.165) is 39.3 Å². The Kier molecular flexibility index (Phi) is 4.32. The average molecular weight is 359 g/mol. The minimum absolute atomic E-state index is 0.112. The van der Waals surface area contributed by atoms with Crippen LogP contribution in [0.25, 0.3) is 22.1 Å². The number of aromatic nitrogens is 4. The van der Waals surface area contributed by atoms with E-state index < -0.39 is 0 Å². The van der Waals surface area contributed by atoms with E-state index in [-0.39, 0.29) is 5.91 Å². The molecule has 4 aromatic rings. The monoisotopic (exact) mass is 359 g/mol. The maximum atomic E-state index is 12.5. The number of nitrogens with one attached hydrogen (secondary N) is 1. The Hall–Kier alpha value is -3.28. The number of carbonyl (C=O) groups is 1. The molecule has 0 saturated carbocycles. The molecule has 136 valence electrons. The highest BCUT2D eigenvalue weighted by molar-refractivity contribution is 5.97. The number of aryl methyl sites for hydroxylation is 3. The molecule has 0 aliphatic carbocycles. The molecule has 0 atom stereocenters. The summed E-state index contributed by atoms with van der Waals surface area (Å²) in [4.78, 5) is 26.1. The van der Waals surface area contributed by atoms with Crippen molar-refractivity contribution in [1.29, 1.82) is 0 Å². The first-order valence-electron chi connectivity index (χ1n) is 8.98. The number of hydrogen-bond acceptors (Lipinski definition) is 4. The van der Waals surface area contributed by atoms with Crippen molar-refractivity contribution in [2.45, 2.75) is 27.3 Å². The summed E-state index contributed by atoms with van der Waals surface area (Å²) in [7, 11) is 0. The van der Waals surface area contributed by atoms with Crippen molar-refractivity contribution in [1.82, 2.24) is 24.8 Å². The molecule has 2 aromatic carbocycles. The van der Waals surface area contributed by atoms with E-state index in [9.17, 15) is 4.79 Å². The summed E-state index contributed by atoms with van der Waals surface area (Å²) < 4.78 is 2.12. The zero-order valence-electron chi connectivity index (χ0n) is 15.7. The van der Waals surface area contributed by atoms with Gasteiger partial charge in [-0.05, 0) is 51.1 Å². The fourth-order valence-corrected chi connectivity index (χ4v) is 3.23. The van der Waals surface area contributed by atoms with Crippen molar-refractivity contribution in [3.8, 4) is 0 Å². The number of carbonyl (C=O) groups excluding carboxylic acids is 1. The van der Waals surface area contributed by atoms with Gasteiger partial charge in [-0.2, -0.15) is 0 Å². The van der Waals surface area contributed by atoms with Crippen LogP contribution in [0.5, 0.6) is 0 Å². The van der Waals surface area contributed by atoms with Gasteiger partial charge in [-0.15, -0.1) is 0 Å². The van der Waals surface area contributed by atoms with E-state index in [0.29, 0.717) is 18.7 Å². The highest BCUT2D eigenvalue weighted by atomic mass is 16.1. The Morgan fingerprint density at radius 2 is 1.67 bits per heavy atom. The molecule has 0 fully saturated rings. The second-order valence-corrected chi connectivity index (χ2v) is 6.65. The summed E-state index contributed by atoms with van der Waals surface area (Å²) in [6.07, 6.45) is 0. The van der Waals surface area contributed by atoms with Crippen molar-refractivity contribution >= 4 is 28.0 Å². The maximum Gasteiger partial charge on any atom is 0.251 e. The van der Waals surface area contributed by atoms with Crippen LogP contribution in [0.3, 0.4) is 0 Å². The number of nitrogens with zero attached hydrogens (tertiary/aromatic N) is 4. The molecule has 1 N–H and O–H groups in total. The molecule has 6 heteroatoms. The predicted molar refractivity (Wildman–Crippen MR) is 106 cm³/mol. The van der Waals surface area contributed by atoms with Crippen molar-refractivity contribution < 1.29 is 4.79 Å². The topological polar surface area (TPSA) is 72.7 Å². The van der Waals surface area contributed by atoms with Crippen LogP contribution in [-0.2, 0) is 6.54 Å². The van der Waals surface area contributed by atoms with Crippen LogP contribution < -0.4 is 5.32 Å². The number of rotatable bonds is 4. The first-order valence-corrected chi connectivity index (χ1v) is 8.98. The van der Waals surface area contributed by atoms with Crippen LogP contribution >= 0.6 is 0 Å². The number of para-hydroxylation sites is 2. The average Bonchev–Trinajstić information content (AvgIpc) is 2.98. The largest absolute Gasteiger partial charge is 0.350 e. The van der Waals surface area contributed by atoms with Crippen LogP contribution in [0.15, 0.2) is 42.5 Å². The molecule has 0 unspecified atom stereocenters. The van der Waals surface area contributed by atoms with Gasteiger partial charge in [0.15, 0.2) is 0 Å². The van der Waals surface area contributed by atoms with Gasteiger partial charge in [0, 0.05) is 18.7 Å². The third-order valence-corrected chi connectivity index (χ3v) is 4.80. The number of hydrogen-bond donors (Lipinski definition) is 1. The number of fused-ring (bicyclic) bond motifs is 2. The lowest BCUT2D eigenvalue weighted by Gasteiger charge is -2.09. The molecule has 0 saturated heterocycles. The first kappa shape index (κ1) is 17.1. The molecule has 0 aliphatic rings. The second-order valence-electron chi connectivity index (χ2n) is 6.65. The summed E-state index contributed by atoms with van der Waals surface area (Å²) in [5.74, 6) is 0.830. The zero-order valence-corrected chi connectivity index (χ0v) is 15.7. The third-order valence-electron chi connectivity index (χ3n) is 4.80. The molecule has 0 bridgehead atoms. The van der Waals surface area contributed by atoms with Gasteiger partial charge in [0.25, 0.3) is 5.91 Å². The first-order chi connectivity index (χ1) is 13.0. The standard InChI is InChI=1S/C21H21N5O/c1-13-14(2)24-19-12-16(8-9-17(19)23-13)21(27)22-10-11-26-15(3)25-18-6-4-5-7-20(18)26/h4-9,12H,10-11H2,1-3H3,(H,22,27). The van der Waals surface area contributed by atoms with E-state index in [2.05, 4.69) is 24.8 Å². The molecule has 4 rings (SSSR count). The lowest BCUT2D eigenvalue weighted by Crippen LogP contribution is -2.27. The minimum atomic E-state index is -0.112. The van der Waals surface area contributed by atoms with E-state index in [1.54, 1.807) is 12.1 Å². The van der Waals surface area contributed by atoms with Crippen molar-refractivity contribution in [2.75, 3.05) is 6.54 Å².